The Morgan fingerprint density at radius 2 is 1.68 bits per heavy atom. The van der Waals surface area contributed by atoms with Crippen LogP contribution in [0.4, 0.5) is 5.95 Å². The normalized spacial score (nSPS) is 16.8. The highest BCUT2D eigenvalue weighted by molar-refractivity contribution is 5.97. The molecule has 1 fully saturated rings. The van der Waals surface area contributed by atoms with E-state index in [0.717, 1.165) is 5.69 Å². The number of hydrogen-bond donors (Lipinski definition) is 1. The molecule has 1 aromatic carbocycles. The topological polar surface area (TPSA) is 117 Å². The molecule has 28 heavy (non-hydrogen) atoms. The molecular weight excluding hydrogens is 362 g/mol. The Kier molecular flexibility index (Phi) is 4.67. The van der Waals surface area contributed by atoms with Crippen LogP contribution in [-0.4, -0.2) is 72.3 Å². The fraction of sp³-hybridized carbons (Fsp3) is 0.222. The van der Waals surface area contributed by atoms with Crippen LogP contribution in [0.5, 0.6) is 0 Å². The molecule has 0 saturated carbocycles. The molecule has 2 aromatic heterocycles. The van der Waals surface area contributed by atoms with Gasteiger partial charge in [-0.05, 0) is 30.3 Å². The first-order chi connectivity index (χ1) is 13.6. The van der Waals surface area contributed by atoms with Crippen molar-refractivity contribution in [3.63, 3.8) is 0 Å². The van der Waals surface area contributed by atoms with Crippen LogP contribution in [0.2, 0.25) is 0 Å². The number of aromatic nitrogens is 5. The Bertz CT molecular complexity index is 961. The summed E-state index contributed by atoms with van der Waals surface area (Å²) >= 11 is 0. The predicted octanol–water partition coefficient (Wildman–Crippen LogP) is 0.473. The van der Waals surface area contributed by atoms with Crippen molar-refractivity contribution in [3.8, 4) is 5.69 Å². The molecule has 1 unspecified atom stereocenters. The van der Waals surface area contributed by atoms with E-state index in [2.05, 4.69) is 20.2 Å². The van der Waals surface area contributed by atoms with Gasteiger partial charge in [-0.25, -0.2) is 14.8 Å². The van der Waals surface area contributed by atoms with Gasteiger partial charge < -0.3 is 14.9 Å². The molecule has 10 nitrogen and oxygen atoms in total. The Hall–Kier alpha value is -3.82. The zero-order chi connectivity index (χ0) is 19.5. The summed E-state index contributed by atoms with van der Waals surface area (Å²) in [5.74, 6) is -0.925. The maximum absolute atomic E-state index is 12.9. The van der Waals surface area contributed by atoms with Crippen molar-refractivity contribution < 1.29 is 14.7 Å². The zero-order valence-corrected chi connectivity index (χ0v) is 14.8. The lowest BCUT2D eigenvalue weighted by molar-refractivity contribution is -0.142. The molecule has 0 bridgehead atoms. The van der Waals surface area contributed by atoms with Crippen molar-refractivity contribution in [1.82, 2.24) is 29.6 Å². The second-order valence-corrected chi connectivity index (χ2v) is 6.26. The number of carbonyl (C=O) groups is 2. The van der Waals surface area contributed by atoms with Gasteiger partial charge in [-0.15, -0.1) is 10.2 Å². The number of piperazine rings is 1. The number of carboxylic acids is 1. The van der Waals surface area contributed by atoms with Crippen molar-refractivity contribution in [2.45, 2.75) is 6.04 Å². The van der Waals surface area contributed by atoms with E-state index in [1.54, 1.807) is 64.8 Å². The van der Waals surface area contributed by atoms with E-state index in [1.165, 1.54) is 4.90 Å². The standard InChI is InChI=1S/C18H17N7O3/c26-16(13-2-4-14(5-3-13)24-11-21-22-12-24)25-9-8-23(10-15(25)17(27)28)18-19-6-1-7-20-18/h1-7,11-12,15H,8-10H2,(H,27,28). The molecular formula is C18H17N7O3. The number of aliphatic carboxylic acids is 1. The summed E-state index contributed by atoms with van der Waals surface area (Å²) in [6, 6.07) is 7.58. The molecule has 3 heterocycles. The SMILES string of the molecule is O=C(O)C1CN(c2ncccn2)CCN1C(=O)c1ccc(-n2cnnc2)cc1. The predicted molar refractivity (Wildman–Crippen MR) is 98.1 cm³/mol. The number of nitrogens with zero attached hydrogens (tertiary/aromatic N) is 7. The number of benzene rings is 1. The molecule has 1 amide bonds. The summed E-state index contributed by atoms with van der Waals surface area (Å²) < 4.78 is 1.72. The molecule has 3 aromatic rings. The number of carbonyl (C=O) groups excluding carboxylic acids is 1. The Labute approximate surface area is 160 Å². The quantitative estimate of drug-likeness (QED) is 0.695. The molecule has 142 valence electrons. The second-order valence-electron chi connectivity index (χ2n) is 6.26. The van der Waals surface area contributed by atoms with E-state index >= 15 is 0 Å². The first-order valence-corrected chi connectivity index (χ1v) is 8.64. The van der Waals surface area contributed by atoms with Gasteiger partial charge in [-0.1, -0.05) is 0 Å². The molecule has 0 radical (unpaired) electrons. The van der Waals surface area contributed by atoms with Gasteiger partial charge >= 0.3 is 5.97 Å². The maximum Gasteiger partial charge on any atom is 0.328 e. The van der Waals surface area contributed by atoms with Crippen molar-refractivity contribution in [1.29, 1.82) is 0 Å². The molecule has 1 N–H and O–H groups in total. The maximum atomic E-state index is 12.9. The van der Waals surface area contributed by atoms with Crippen molar-refractivity contribution >= 4 is 17.8 Å². The second kappa shape index (κ2) is 7.43. The van der Waals surface area contributed by atoms with Crippen LogP contribution in [0.3, 0.4) is 0 Å². The average Bonchev–Trinajstić information content (AvgIpc) is 3.28. The third kappa shape index (κ3) is 3.39. The summed E-state index contributed by atoms with van der Waals surface area (Å²) in [6.07, 6.45) is 6.32. The monoisotopic (exact) mass is 379 g/mol. The van der Waals surface area contributed by atoms with Crippen LogP contribution in [-0.2, 0) is 4.79 Å². The molecule has 1 atom stereocenters. The van der Waals surface area contributed by atoms with E-state index in [-0.39, 0.29) is 19.0 Å². The van der Waals surface area contributed by atoms with E-state index in [0.29, 0.717) is 18.1 Å². The number of carboxylic acid groups (broad SMARTS) is 1. The van der Waals surface area contributed by atoms with Gasteiger partial charge in [0.15, 0.2) is 0 Å². The number of anilines is 1. The van der Waals surface area contributed by atoms with Gasteiger partial charge in [0.2, 0.25) is 5.95 Å². The minimum absolute atomic E-state index is 0.129. The van der Waals surface area contributed by atoms with Crippen LogP contribution in [0.25, 0.3) is 5.69 Å². The average molecular weight is 379 g/mol. The fourth-order valence-electron chi connectivity index (χ4n) is 3.15. The lowest BCUT2D eigenvalue weighted by Gasteiger charge is -2.39. The van der Waals surface area contributed by atoms with E-state index in [1.807, 2.05) is 0 Å². The summed E-state index contributed by atoms with van der Waals surface area (Å²) in [5, 5.41) is 17.2. The van der Waals surface area contributed by atoms with Crippen LogP contribution < -0.4 is 4.90 Å². The zero-order valence-electron chi connectivity index (χ0n) is 14.8. The molecule has 1 aliphatic rings. The van der Waals surface area contributed by atoms with Crippen LogP contribution in [0.1, 0.15) is 10.4 Å². The molecule has 0 aliphatic carbocycles. The van der Waals surface area contributed by atoms with Crippen LogP contribution in [0.15, 0.2) is 55.4 Å². The van der Waals surface area contributed by atoms with E-state index in [4.69, 9.17) is 0 Å². The van der Waals surface area contributed by atoms with Crippen molar-refractivity contribution in [2.24, 2.45) is 0 Å². The fourth-order valence-corrected chi connectivity index (χ4v) is 3.15. The molecule has 4 rings (SSSR count). The first-order valence-electron chi connectivity index (χ1n) is 8.64. The van der Waals surface area contributed by atoms with Gasteiger partial charge in [0.25, 0.3) is 5.91 Å². The first kappa shape index (κ1) is 17.6. The number of amides is 1. The third-order valence-electron chi connectivity index (χ3n) is 4.59. The van der Waals surface area contributed by atoms with Gasteiger partial charge in [0.1, 0.15) is 18.7 Å². The lowest BCUT2D eigenvalue weighted by Crippen LogP contribution is -2.58. The molecule has 1 aliphatic heterocycles. The highest BCUT2D eigenvalue weighted by atomic mass is 16.4. The van der Waals surface area contributed by atoms with Crippen LogP contribution >= 0.6 is 0 Å². The number of rotatable bonds is 4. The summed E-state index contributed by atoms with van der Waals surface area (Å²) in [6.45, 7) is 0.851. The molecule has 10 heteroatoms. The summed E-state index contributed by atoms with van der Waals surface area (Å²) in [4.78, 5) is 36.2. The third-order valence-corrected chi connectivity index (χ3v) is 4.59. The van der Waals surface area contributed by atoms with Crippen molar-refractivity contribution in [3.05, 3.63) is 60.9 Å². The largest absolute Gasteiger partial charge is 0.480 e. The highest BCUT2D eigenvalue weighted by Gasteiger charge is 2.36. The van der Waals surface area contributed by atoms with Gasteiger partial charge in [0, 0.05) is 36.7 Å². The van der Waals surface area contributed by atoms with Gasteiger partial charge in [0.05, 0.1) is 6.54 Å². The van der Waals surface area contributed by atoms with E-state index < -0.39 is 12.0 Å². The smallest absolute Gasteiger partial charge is 0.328 e. The number of hydrogen-bond acceptors (Lipinski definition) is 7. The Morgan fingerprint density at radius 1 is 1.00 bits per heavy atom. The Morgan fingerprint density at radius 3 is 2.32 bits per heavy atom. The minimum Gasteiger partial charge on any atom is -0.480 e. The highest BCUT2D eigenvalue weighted by Crippen LogP contribution is 2.19. The summed E-state index contributed by atoms with van der Waals surface area (Å²) in [7, 11) is 0. The molecule has 1 saturated heterocycles. The molecule has 0 spiro atoms. The van der Waals surface area contributed by atoms with E-state index in [9.17, 15) is 14.7 Å². The summed E-state index contributed by atoms with van der Waals surface area (Å²) in [5.41, 5.74) is 1.23. The Balaban J connectivity index is 1.52. The van der Waals surface area contributed by atoms with Crippen LogP contribution in [0, 0.1) is 0 Å². The minimum atomic E-state index is -1.06. The lowest BCUT2D eigenvalue weighted by atomic mass is 10.1. The van der Waals surface area contributed by atoms with Crippen molar-refractivity contribution in [2.75, 3.05) is 24.5 Å². The van der Waals surface area contributed by atoms with Gasteiger partial charge in [-0.2, -0.15) is 0 Å². The van der Waals surface area contributed by atoms with Gasteiger partial charge in [-0.3, -0.25) is 9.36 Å².